The maximum atomic E-state index is 12.0. The summed E-state index contributed by atoms with van der Waals surface area (Å²) < 4.78 is 5.66. The molecular weight excluding hydrogens is 356 g/mol. The van der Waals surface area contributed by atoms with Crippen molar-refractivity contribution in [2.24, 2.45) is 0 Å². The van der Waals surface area contributed by atoms with Crippen molar-refractivity contribution in [2.75, 3.05) is 31.1 Å². The first kappa shape index (κ1) is 20.1. The van der Waals surface area contributed by atoms with Gasteiger partial charge < -0.3 is 14.7 Å². The van der Waals surface area contributed by atoms with Gasteiger partial charge in [-0.1, -0.05) is 19.1 Å². The smallest absolute Gasteiger partial charge is 0.325 e. The molecule has 7 nitrogen and oxygen atoms in total. The predicted molar refractivity (Wildman–Crippen MR) is 108 cm³/mol. The lowest BCUT2D eigenvalue weighted by Crippen LogP contribution is -2.49. The Morgan fingerprint density at radius 1 is 1.14 bits per heavy atom. The number of piperazine rings is 1. The topological polar surface area (TPSA) is 78.8 Å². The SMILES string of the molecule is CCc1cc(N2CCN(C(C(=O)O)c3ccc(OC(C)C)cc3)CC2)ncn1. The molecule has 2 heterocycles. The van der Waals surface area contributed by atoms with Gasteiger partial charge in [0.05, 0.1) is 6.10 Å². The number of hydrogen-bond donors (Lipinski definition) is 1. The summed E-state index contributed by atoms with van der Waals surface area (Å²) in [7, 11) is 0. The fourth-order valence-electron chi connectivity index (χ4n) is 3.47. The Morgan fingerprint density at radius 3 is 2.39 bits per heavy atom. The highest BCUT2D eigenvalue weighted by molar-refractivity contribution is 5.75. The van der Waals surface area contributed by atoms with Crippen molar-refractivity contribution in [3.05, 3.63) is 47.9 Å². The average molecular weight is 384 g/mol. The van der Waals surface area contributed by atoms with Crippen LogP contribution in [0.4, 0.5) is 5.82 Å². The third kappa shape index (κ3) is 4.78. The number of nitrogens with zero attached hydrogens (tertiary/aromatic N) is 4. The first-order valence-electron chi connectivity index (χ1n) is 9.77. The molecule has 0 spiro atoms. The zero-order chi connectivity index (χ0) is 20.1. The van der Waals surface area contributed by atoms with E-state index in [4.69, 9.17) is 4.74 Å². The number of aryl methyl sites for hydroxylation is 1. The number of aliphatic carboxylic acids is 1. The molecule has 0 aliphatic carbocycles. The van der Waals surface area contributed by atoms with Gasteiger partial charge in [0.1, 0.15) is 23.9 Å². The molecule has 1 unspecified atom stereocenters. The van der Waals surface area contributed by atoms with E-state index in [9.17, 15) is 9.90 Å². The lowest BCUT2D eigenvalue weighted by atomic mass is 10.0. The maximum Gasteiger partial charge on any atom is 0.325 e. The molecule has 7 heteroatoms. The van der Waals surface area contributed by atoms with Crippen LogP contribution in [0.2, 0.25) is 0 Å². The van der Waals surface area contributed by atoms with Crippen molar-refractivity contribution in [1.29, 1.82) is 0 Å². The van der Waals surface area contributed by atoms with Gasteiger partial charge >= 0.3 is 5.97 Å². The molecule has 1 atom stereocenters. The Kier molecular flexibility index (Phi) is 6.46. The van der Waals surface area contributed by atoms with Gasteiger partial charge in [-0.25, -0.2) is 9.97 Å². The maximum absolute atomic E-state index is 12.0. The molecule has 150 valence electrons. The van der Waals surface area contributed by atoms with Crippen molar-refractivity contribution in [3.63, 3.8) is 0 Å². The lowest BCUT2D eigenvalue weighted by Gasteiger charge is -2.38. The third-order valence-corrected chi connectivity index (χ3v) is 4.88. The van der Waals surface area contributed by atoms with E-state index in [1.54, 1.807) is 6.33 Å². The normalized spacial score (nSPS) is 16.2. The van der Waals surface area contributed by atoms with E-state index in [1.807, 2.05) is 49.1 Å². The quantitative estimate of drug-likeness (QED) is 0.786. The van der Waals surface area contributed by atoms with Gasteiger partial charge in [-0.2, -0.15) is 0 Å². The molecule has 0 amide bonds. The Labute approximate surface area is 166 Å². The second-order valence-corrected chi connectivity index (χ2v) is 7.22. The number of carboxylic acids is 1. The second kappa shape index (κ2) is 9.01. The van der Waals surface area contributed by atoms with Crippen LogP contribution < -0.4 is 9.64 Å². The molecule has 2 aromatic rings. The third-order valence-electron chi connectivity index (χ3n) is 4.88. The van der Waals surface area contributed by atoms with Crippen LogP contribution in [-0.2, 0) is 11.2 Å². The highest BCUT2D eigenvalue weighted by Crippen LogP contribution is 2.26. The number of carbonyl (C=O) groups is 1. The highest BCUT2D eigenvalue weighted by atomic mass is 16.5. The minimum absolute atomic E-state index is 0.0872. The fraction of sp³-hybridized carbons (Fsp3) is 0.476. The van der Waals surface area contributed by atoms with E-state index in [1.165, 1.54) is 0 Å². The van der Waals surface area contributed by atoms with E-state index in [-0.39, 0.29) is 6.10 Å². The molecule has 1 fully saturated rings. The summed E-state index contributed by atoms with van der Waals surface area (Å²) in [5.41, 5.74) is 1.78. The summed E-state index contributed by atoms with van der Waals surface area (Å²) >= 11 is 0. The van der Waals surface area contributed by atoms with Gasteiger partial charge in [-0.15, -0.1) is 0 Å². The molecule has 1 saturated heterocycles. The van der Waals surface area contributed by atoms with Crippen molar-refractivity contribution in [1.82, 2.24) is 14.9 Å². The zero-order valence-electron chi connectivity index (χ0n) is 16.7. The molecule has 1 N–H and O–H groups in total. The number of aromatic nitrogens is 2. The summed E-state index contributed by atoms with van der Waals surface area (Å²) in [5.74, 6) is 0.832. The first-order chi connectivity index (χ1) is 13.5. The average Bonchev–Trinajstić information content (AvgIpc) is 2.69. The van der Waals surface area contributed by atoms with Gasteiger partial charge in [0.2, 0.25) is 0 Å². The van der Waals surface area contributed by atoms with E-state index in [0.717, 1.165) is 42.3 Å². The molecule has 0 radical (unpaired) electrons. The summed E-state index contributed by atoms with van der Waals surface area (Å²) in [4.78, 5) is 24.8. The number of ether oxygens (including phenoxy) is 1. The molecule has 0 bridgehead atoms. The predicted octanol–water partition coefficient (Wildman–Crippen LogP) is 2.77. The molecule has 0 saturated carbocycles. The number of hydrogen-bond acceptors (Lipinski definition) is 6. The van der Waals surface area contributed by atoms with Gasteiger partial charge in [-0.3, -0.25) is 9.69 Å². The molecule has 1 aromatic heterocycles. The Balaban J connectivity index is 1.68. The standard InChI is InChI=1S/C21H28N4O3/c1-4-17-13-19(23-14-22-17)24-9-11-25(12-10-24)20(21(26)27)16-5-7-18(8-6-16)28-15(2)3/h5-8,13-15,20H,4,9-12H2,1-3H3,(H,26,27). The first-order valence-corrected chi connectivity index (χ1v) is 9.77. The highest BCUT2D eigenvalue weighted by Gasteiger charge is 2.30. The van der Waals surface area contributed by atoms with Gasteiger partial charge in [0.25, 0.3) is 0 Å². The van der Waals surface area contributed by atoms with E-state index in [0.29, 0.717) is 13.1 Å². The summed E-state index contributed by atoms with van der Waals surface area (Å²) in [6, 6.07) is 8.73. The summed E-state index contributed by atoms with van der Waals surface area (Å²) in [6.07, 6.45) is 2.55. The fourth-order valence-corrected chi connectivity index (χ4v) is 3.47. The van der Waals surface area contributed by atoms with Crippen LogP contribution in [0.1, 0.15) is 38.1 Å². The molecule has 1 aromatic carbocycles. The zero-order valence-corrected chi connectivity index (χ0v) is 16.7. The Bertz CT molecular complexity index is 786. The van der Waals surface area contributed by atoms with Crippen LogP contribution in [0.3, 0.4) is 0 Å². The molecule has 1 aliphatic rings. The van der Waals surface area contributed by atoms with Gasteiger partial charge in [0, 0.05) is 37.9 Å². The van der Waals surface area contributed by atoms with Crippen molar-refractivity contribution in [3.8, 4) is 5.75 Å². The molecule has 28 heavy (non-hydrogen) atoms. The molecule has 1 aliphatic heterocycles. The number of anilines is 1. The molecule has 3 rings (SSSR count). The lowest BCUT2D eigenvalue weighted by molar-refractivity contribution is -0.143. The Morgan fingerprint density at radius 2 is 1.82 bits per heavy atom. The van der Waals surface area contributed by atoms with Crippen molar-refractivity contribution in [2.45, 2.75) is 39.3 Å². The van der Waals surface area contributed by atoms with Gasteiger partial charge in [-0.05, 0) is 38.0 Å². The molecular formula is C21H28N4O3. The Hall–Kier alpha value is -2.67. The van der Waals surface area contributed by atoms with E-state index in [2.05, 4.69) is 21.8 Å². The van der Waals surface area contributed by atoms with Crippen LogP contribution in [0.5, 0.6) is 5.75 Å². The summed E-state index contributed by atoms with van der Waals surface area (Å²) in [6.45, 7) is 8.79. The van der Waals surface area contributed by atoms with Crippen LogP contribution in [-0.4, -0.2) is 58.2 Å². The minimum Gasteiger partial charge on any atom is -0.491 e. The summed E-state index contributed by atoms with van der Waals surface area (Å²) in [5, 5.41) is 9.84. The van der Waals surface area contributed by atoms with Crippen LogP contribution in [0.15, 0.2) is 36.7 Å². The minimum atomic E-state index is -0.832. The number of benzene rings is 1. The largest absolute Gasteiger partial charge is 0.491 e. The van der Waals surface area contributed by atoms with E-state index < -0.39 is 12.0 Å². The second-order valence-electron chi connectivity index (χ2n) is 7.22. The van der Waals surface area contributed by atoms with Crippen LogP contribution >= 0.6 is 0 Å². The monoisotopic (exact) mass is 384 g/mol. The van der Waals surface area contributed by atoms with Gasteiger partial charge in [0.15, 0.2) is 0 Å². The van der Waals surface area contributed by atoms with Crippen LogP contribution in [0.25, 0.3) is 0 Å². The van der Waals surface area contributed by atoms with E-state index >= 15 is 0 Å². The van der Waals surface area contributed by atoms with Crippen molar-refractivity contribution < 1.29 is 14.6 Å². The van der Waals surface area contributed by atoms with Crippen molar-refractivity contribution >= 4 is 11.8 Å². The number of rotatable bonds is 7. The number of carboxylic acid groups (broad SMARTS) is 1. The van der Waals surface area contributed by atoms with Crippen LogP contribution in [0, 0.1) is 0 Å².